The summed E-state index contributed by atoms with van der Waals surface area (Å²) in [7, 11) is 3.46. The minimum Gasteiger partial charge on any atom is -0.481 e. The van der Waals surface area contributed by atoms with Crippen molar-refractivity contribution in [2.75, 3.05) is 53.8 Å². The molecule has 0 aromatic rings. The summed E-state index contributed by atoms with van der Waals surface area (Å²) in [5.74, 6) is -1.51. The first-order chi connectivity index (χ1) is 20.7. The van der Waals surface area contributed by atoms with Crippen LogP contribution >= 0.6 is 0 Å². The minimum atomic E-state index is -0.841. The van der Waals surface area contributed by atoms with Crippen LogP contribution in [0, 0.1) is 0 Å². The van der Waals surface area contributed by atoms with Gasteiger partial charge in [-0.25, -0.2) is 0 Å². The van der Waals surface area contributed by atoms with E-state index >= 15 is 0 Å². The van der Waals surface area contributed by atoms with Gasteiger partial charge in [0.05, 0.1) is 63.6 Å². The summed E-state index contributed by atoms with van der Waals surface area (Å²) in [6, 6.07) is 0. The summed E-state index contributed by atoms with van der Waals surface area (Å²) in [5.41, 5.74) is -1.74. The number of ether oxygens (including phenoxy) is 6. The molecule has 0 heterocycles. The first-order valence-corrected chi connectivity index (χ1v) is 15.2. The van der Waals surface area contributed by atoms with Crippen LogP contribution in [-0.4, -0.2) is 112 Å². The van der Waals surface area contributed by atoms with E-state index in [0.29, 0.717) is 19.3 Å². The molecule has 0 aliphatic heterocycles. The molecule has 0 rings (SSSR count). The van der Waals surface area contributed by atoms with Gasteiger partial charge in [-0.1, -0.05) is 0 Å². The average Bonchev–Trinajstić information content (AvgIpc) is 2.89. The summed E-state index contributed by atoms with van der Waals surface area (Å²) in [5, 5.41) is 11.2. The van der Waals surface area contributed by atoms with E-state index in [0.717, 1.165) is 12.6 Å². The van der Waals surface area contributed by atoms with E-state index in [9.17, 15) is 24.0 Å². The quantitative estimate of drug-likeness (QED) is 0.110. The summed E-state index contributed by atoms with van der Waals surface area (Å²) in [6.07, 6.45) is 2.96. The van der Waals surface area contributed by atoms with Crippen LogP contribution < -0.4 is 5.32 Å². The number of carboxylic acid groups (broad SMARTS) is 1. The monoisotopic (exact) mass is 651 g/mol. The van der Waals surface area contributed by atoms with Gasteiger partial charge in [-0.2, -0.15) is 0 Å². The Labute approximate surface area is 270 Å². The summed E-state index contributed by atoms with van der Waals surface area (Å²) < 4.78 is 32.4. The highest BCUT2D eigenvalue weighted by molar-refractivity contribution is 5.70. The number of carbonyl (C=O) groups is 5. The van der Waals surface area contributed by atoms with Gasteiger partial charge in [0, 0.05) is 26.4 Å². The number of esters is 2. The number of hydrogen-bond acceptors (Lipinski definition) is 12. The Bertz CT molecular complexity index is 774. The van der Waals surface area contributed by atoms with Crippen molar-refractivity contribution in [2.24, 2.45) is 0 Å². The molecule has 13 nitrogen and oxygen atoms in total. The number of unbranched alkanes of at least 4 members (excludes halogenated alkanes) is 1. The first-order valence-electron chi connectivity index (χ1n) is 15.2. The van der Waals surface area contributed by atoms with Crippen LogP contribution in [-0.2, 0) is 52.4 Å². The van der Waals surface area contributed by atoms with Gasteiger partial charge in [-0.3, -0.25) is 14.4 Å². The molecule has 266 valence electrons. The number of carbonyl (C=O) groups excluding carboxylic acids is 4. The molecule has 0 aliphatic rings. The molecular formula is C32H61NO12. The van der Waals surface area contributed by atoms with Gasteiger partial charge in [0.2, 0.25) is 0 Å². The highest BCUT2D eigenvalue weighted by atomic mass is 16.6. The molecule has 2 N–H and O–H groups in total. The summed E-state index contributed by atoms with van der Waals surface area (Å²) >= 11 is 0. The Kier molecular flexibility index (Phi) is 26.8. The average molecular weight is 652 g/mol. The second-order valence-electron chi connectivity index (χ2n) is 13.1. The SMILES string of the molecule is CNC(COCCC=O)(COCCC(=O)OC(C)(C)C)COCCC(=O)OC(C)(C)C.COC(C)(C)C.O=CCCCC(=O)O. The van der Waals surface area contributed by atoms with Gasteiger partial charge in [-0.15, -0.1) is 0 Å². The molecule has 0 aromatic heterocycles. The number of hydrogen-bond donors (Lipinski definition) is 2. The molecule has 0 spiro atoms. The van der Waals surface area contributed by atoms with Crippen LogP contribution in [0.5, 0.6) is 0 Å². The van der Waals surface area contributed by atoms with E-state index < -0.39 is 22.7 Å². The third kappa shape index (κ3) is 37.6. The Balaban J connectivity index is -0.00000103. The van der Waals surface area contributed by atoms with Crippen LogP contribution in [0.25, 0.3) is 0 Å². The fourth-order valence-corrected chi connectivity index (χ4v) is 2.71. The first kappa shape index (κ1) is 47.0. The molecule has 0 unspecified atom stereocenters. The smallest absolute Gasteiger partial charge is 0.308 e. The molecule has 0 saturated heterocycles. The molecule has 0 fully saturated rings. The lowest BCUT2D eigenvalue weighted by molar-refractivity contribution is -0.157. The molecule has 0 saturated carbocycles. The topological polar surface area (TPSA) is 173 Å². The van der Waals surface area contributed by atoms with E-state index in [-0.39, 0.29) is 76.4 Å². The Hall–Kier alpha value is -2.45. The van der Waals surface area contributed by atoms with Gasteiger partial charge < -0.3 is 48.4 Å². The van der Waals surface area contributed by atoms with Crippen LogP contribution in [0.15, 0.2) is 0 Å². The molecule has 0 radical (unpaired) electrons. The maximum Gasteiger partial charge on any atom is 0.308 e. The van der Waals surface area contributed by atoms with E-state index in [2.05, 4.69) is 5.32 Å². The van der Waals surface area contributed by atoms with E-state index in [1.54, 1.807) is 14.2 Å². The fourth-order valence-electron chi connectivity index (χ4n) is 2.71. The van der Waals surface area contributed by atoms with Crippen LogP contribution in [0.1, 0.15) is 101 Å². The molecule has 0 aliphatic carbocycles. The van der Waals surface area contributed by atoms with Crippen molar-refractivity contribution < 1.29 is 57.5 Å². The largest absolute Gasteiger partial charge is 0.481 e. The van der Waals surface area contributed by atoms with Crippen LogP contribution in [0.2, 0.25) is 0 Å². The Morgan fingerprint density at radius 3 is 1.31 bits per heavy atom. The standard InChI is InChI=1S/C22H41NO8.C5H8O3.C5H12O/c1-20(2,3)30-18(25)9-13-28-16-22(23-7,15-27-12-8-11-24)17-29-14-10-19(26)31-21(4,5)6;6-4-2-1-3-5(7)8;1-5(2,3)6-4/h11,23H,8-10,12-17H2,1-7H3;4H,1-3H2,(H,7,8);1-4H3. The molecule has 0 atom stereocenters. The lowest BCUT2D eigenvalue weighted by Gasteiger charge is -2.33. The number of likely N-dealkylation sites (N-methyl/N-ethyl adjacent to an activating group) is 1. The predicted molar refractivity (Wildman–Crippen MR) is 170 cm³/mol. The van der Waals surface area contributed by atoms with Crippen molar-refractivity contribution in [1.29, 1.82) is 0 Å². The lowest BCUT2D eigenvalue weighted by atomic mass is 10.0. The van der Waals surface area contributed by atoms with Crippen molar-refractivity contribution in [2.45, 2.75) is 123 Å². The van der Waals surface area contributed by atoms with Crippen molar-refractivity contribution in [3.8, 4) is 0 Å². The molecule has 0 amide bonds. The normalized spacial score (nSPS) is 11.7. The zero-order valence-electron chi connectivity index (χ0n) is 29.6. The predicted octanol–water partition coefficient (Wildman–Crippen LogP) is 3.92. The second-order valence-corrected chi connectivity index (χ2v) is 13.1. The van der Waals surface area contributed by atoms with Gasteiger partial charge in [0.1, 0.15) is 23.8 Å². The van der Waals surface area contributed by atoms with E-state index in [1.165, 1.54) is 0 Å². The summed E-state index contributed by atoms with van der Waals surface area (Å²) in [4.78, 5) is 53.5. The van der Waals surface area contributed by atoms with Gasteiger partial charge >= 0.3 is 17.9 Å². The third-order valence-electron chi connectivity index (χ3n) is 5.11. The van der Waals surface area contributed by atoms with Crippen molar-refractivity contribution in [3.63, 3.8) is 0 Å². The zero-order chi connectivity index (χ0) is 35.6. The maximum absolute atomic E-state index is 11.8. The molecule has 13 heteroatoms. The lowest BCUT2D eigenvalue weighted by Crippen LogP contribution is -2.55. The van der Waals surface area contributed by atoms with E-state index in [4.69, 9.17) is 33.5 Å². The fraction of sp³-hybridized carbons (Fsp3) is 0.844. The number of aldehydes is 2. The number of carboxylic acids is 1. The second kappa shape index (κ2) is 25.7. The molecule has 0 aromatic carbocycles. The Morgan fingerprint density at radius 2 is 1.02 bits per heavy atom. The highest BCUT2D eigenvalue weighted by Crippen LogP contribution is 2.12. The van der Waals surface area contributed by atoms with Crippen molar-refractivity contribution in [3.05, 3.63) is 0 Å². The number of nitrogens with one attached hydrogen (secondary N) is 1. The minimum absolute atomic E-state index is 0.0417. The van der Waals surface area contributed by atoms with Crippen molar-refractivity contribution >= 4 is 30.5 Å². The van der Waals surface area contributed by atoms with E-state index in [1.807, 2.05) is 62.3 Å². The maximum atomic E-state index is 11.8. The summed E-state index contributed by atoms with van der Waals surface area (Å²) in [6.45, 7) is 18.2. The molecule has 45 heavy (non-hydrogen) atoms. The van der Waals surface area contributed by atoms with Gasteiger partial charge in [-0.05, 0) is 75.8 Å². The molecule has 0 bridgehead atoms. The Morgan fingerprint density at radius 1 is 0.644 bits per heavy atom. The van der Waals surface area contributed by atoms with Crippen LogP contribution in [0.3, 0.4) is 0 Å². The number of methoxy groups -OCH3 is 1. The highest BCUT2D eigenvalue weighted by Gasteiger charge is 2.30. The van der Waals surface area contributed by atoms with Gasteiger partial charge in [0.25, 0.3) is 0 Å². The number of aliphatic carboxylic acids is 1. The van der Waals surface area contributed by atoms with Gasteiger partial charge in [0.15, 0.2) is 0 Å². The third-order valence-corrected chi connectivity index (χ3v) is 5.11. The number of rotatable bonds is 20. The zero-order valence-corrected chi connectivity index (χ0v) is 29.6. The van der Waals surface area contributed by atoms with Crippen LogP contribution in [0.4, 0.5) is 0 Å². The molecular weight excluding hydrogens is 590 g/mol. The van der Waals surface area contributed by atoms with Crippen molar-refractivity contribution in [1.82, 2.24) is 5.32 Å².